The van der Waals surface area contributed by atoms with Gasteiger partial charge in [-0.3, -0.25) is 0 Å². The molecule has 4 rings (SSSR count). The molecule has 0 aliphatic heterocycles. The highest BCUT2D eigenvalue weighted by Gasteiger charge is 2.17. The van der Waals surface area contributed by atoms with Crippen LogP contribution in [0, 0.1) is 11.6 Å². The summed E-state index contributed by atoms with van der Waals surface area (Å²) in [5.74, 6) is 0.303. The lowest BCUT2D eigenvalue weighted by Gasteiger charge is -2.14. The third-order valence-corrected chi connectivity index (χ3v) is 4.35. The molecule has 1 N–H and O–H groups in total. The van der Waals surface area contributed by atoms with Gasteiger partial charge in [0, 0.05) is 24.2 Å². The number of benzene rings is 2. The average Bonchev–Trinajstić information content (AvgIpc) is 2.75. The van der Waals surface area contributed by atoms with E-state index in [2.05, 4.69) is 25.3 Å². The van der Waals surface area contributed by atoms with Crippen LogP contribution in [-0.2, 0) is 0 Å². The number of hydrogen-bond acceptors (Lipinski definition) is 6. The molecule has 0 atom stereocenters. The lowest BCUT2D eigenvalue weighted by molar-refractivity contribution is 0.344. The molecule has 0 saturated carbocycles. The quantitative estimate of drug-likeness (QED) is 0.539. The van der Waals surface area contributed by atoms with Gasteiger partial charge in [-0.05, 0) is 48.9 Å². The van der Waals surface area contributed by atoms with Gasteiger partial charge in [-0.25, -0.2) is 28.7 Å². The second-order valence-electron chi connectivity index (χ2n) is 6.17. The molecule has 0 aliphatic rings. The number of rotatable bonds is 5. The Balaban J connectivity index is 2.00. The molecule has 8 heteroatoms. The molecule has 2 aromatic carbocycles. The van der Waals surface area contributed by atoms with Gasteiger partial charge in [0.2, 0.25) is 0 Å². The number of fused-ring (bicyclic) bond motifs is 1. The maximum Gasteiger partial charge on any atom is 0.181 e. The Kier molecular flexibility index (Phi) is 4.99. The summed E-state index contributed by atoms with van der Waals surface area (Å²) in [6.45, 7) is 2.22. The second kappa shape index (κ2) is 7.75. The van der Waals surface area contributed by atoms with Gasteiger partial charge in [0.05, 0.1) is 6.61 Å². The largest absolute Gasteiger partial charge is 0.492 e. The van der Waals surface area contributed by atoms with E-state index in [1.165, 1.54) is 6.33 Å². The van der Waals surface area contributed by atoms with E-state index < -0.39 is 11.6 Å². The summed E-state index contributed by atoms with van der Waals surface area (Å²) in [4.78, 5) is 17.3. The van der Waals surface area contributed by atoms with E-state index in [-0.39, 0.29) is 5.56 Å². The van der Waals surface area contributed by atoms with Crippen molar-refractivity contribution in [2.75, 3.05) is 19.0 Å². The highest BCUT2D eigenvalue weighted by molar-refractivity contribution is 5.97. The Labute approximate surface area is 165 Å². The summed E-state index contributed by atoms with van der Waals surface area (Å²) in [5, 5.41) is 3.66. The maximum absolute atomic E-state index is 14.4. The van der Waals surface area contributed by atoms with Crippen molar-refractivity contribution in [1.29, 1.82) is 0 Å². The summed E-state index contributed by atoms with van der Waals surface area (Å²) >= 11 is 0. The first-order valence-corrected chi connectivity index (χ1v) is 8.99. The van der Waals surface area contributed by atoms with Crippen molar-refractivity contribution < 1.29 is 13.5 Å². The van der Waals surface area contributed by atoms with Crippen LogP contribution in [0.4, 0.5) is 14.6 Å². The standard InChI is InChI=1S/C21H17F2N5O/c1-3-29-18-9-12(14-10-13(22)4-5-16(14)23)8-15-19(18)27-21(28-20(15)24-2)17-6-7-25-11-26-17/h4-11H,3H2,1-2H3,(H,24,27,28). The molecule has 2 heterocycles. The van der Waals surface area contributed by atoms with Crippen LogP contribution in [0.1, 0.15) is 6.92 Å². The van der Waals surface area contributed by atoms with Gasteiger partial charge in [-0.2, -0.15) is 0 Å². The van der Waals surface area contributed by atoms with Crippen LogP contribution in [0.2, 0.25) is 0 Å². The predicted octanol–water partition coefficient (Wildman–Crippen LogP) is 4.47. The normalized spacial score (nSPS) is 10.9. The van der Waals surface area contributed by atoms with Crippen molar-refractivity contribution in [3.63, 3.8) is 0 Å². The Bertz CT molecular complexity index is 1180. The molecule has 0 spiro atoms. The minimum atomic E-state index is -0.530. The zero-order valence-corrected chi connectivity index (χ0v) is 15.8. The van der Waals surface area contributed by atoms with Gasteiger partial charge in [0.1, 0.15) is 40.7 Å². The summed E-state index contributed by atoms with van der Waals surface area (Å²) in [5.41, 5.74) is 1.70. The molecule has 146 valence electrons. The molecule has 0 amide bonds. The zero-order chi connectivity index (χ0) is 20.4. The van der Waals surface area contributed by atoms with Gasteiger partial charge in [-0.1, -0.05) is 0 Å². The number of nitrogens with zero attached hydrogens (tertiary/aromatic N) is 4. The first kappa shape index (κ1) is 18.7. The minimum absolute atomic E-state index is 0.134. The van der Waals surface area contributed by atoms with E-state index in [0.717, 1.165) is 18.2 Å². The molecule has 0 unspecified atom stereocenters. The molecule has 6 nitrogen and oxygen atoms in total. The first-order chi connectivity index (χ1) is 14.1. The Morgan fingerprint density at radius 3 is 2.66 bits per heavy atom. The van der Waals surface area contributed by atoms with Gasteiger partial charge in [0.25, 0.3) is 0 Å². The van der Waals surface area contributed by atoms with Crippen LogP contribution in [0.15, 0.2) is 48.9 Å². The number of aromatic nitrogens is 4. The summed E-state index contributed by atoms with van der Waals surface area (Å²) in [6.07, 6.45) is 3.02. The van der Waals surface area contributed by atoms with Crippen molar-refractivity contribution in [3.05, 3.63) is 60.6 Å². The minimum Gasteiger partial charge on any atom is -0.492 e. The Morgan fingerprint density at radius 2 is 1.93 bits per heavy atom. The Morgan fingerprint density at radius 1 is 1.07 bits per heavy atom. The van der Waals surface area contributed by atoms with Gasteiger partial charge in [-0.15, -0.1) is 0 Å². The fourth-order valence-corrected chi connectivity index (χ4v) is 3.07. The number of anilines is 1. The SMILES string of the molecule is CCOc1cc(-c2cc(F)ccc2F)cc2c(NC)nc(-c3ccncn3)nc12. The number of ether oxygens (including phenoxy) is 1. The van der Waals surface area contributed by atoms with Crippen LogP contribution in [0.3, 0.4) is 0 Å². The zero-order valence-electron chi connectivity index (χ0n) is 15.8. The van der Waals surface area contributed by atoms with E-state index in [1.54, 1.807) is 31.4 Å². The predicted molar refractivity (Wildman–Crippen MR) is 107 cm³/mol. The van der Waals surface area contributed by atoms with E-state index in [1.807, 2.05) is 6.92 Å². The van der Waals surface area contributed by atoms with Crippen molar-refractivity contribution in [2.24, 2.45) is 0 Å². The number of halogens is 2. The van der Waals surface area contributed by atoms with Crippen LogP contribution in [-0.4, -0.2) is 33.6 Å². The first-order valence-electron chi connectivity index (χ1n) is 8.99. The highest BCUT2D eigenvalue weighted by Crippen LogP contribution is 2.36. The molecule has 0 bridgehead atoms. The third kappa shape index (κ3) is 3.56. The van der Waals surface area contributed by atoms with Crippen LogP contribution < -0.4 is 10.1 Å². The molecule has 0 fully saturated rings. The molecule has 2 aromatic heterocycles. The van der Waals surface area contributed by atoms with E-state index in [4.69, 9.17) is 4.74 Å². The molecule has 4 aromatic rings. The molecule has 29 heavy (non-hydrogen) atoms. The van der Waals surface area contributed by atoms with Crippen molar-refractivity contribution >= 4 is 16.7 Å². The molecular formula is C21H17F2N5O. The van der Waals surface area contributed by atoms with Crippen LogP contribution in [0.25, 0.3) is 33.5 Å². The lowest BCUT2D eigenvalue weighted by atomic mass is 10.0. The molecule has 0 aliphatic carbocycles. The van der Waals surface area contributed by atoms with Crippen LogP contribution >= 0.6 is 0 Å². The fraction of sp³-hybridized carbons (Fsp3) is 0.143. The highest BCUT2D eigenvalue weighted by atomic mass is 19.1. The topological polar surface area (TPSA) is 72.8 Å². The summed E-state index contributed by atoms with van der Waals surface area (Å²) < 4.78 is 33.9. The van der Waals surface area contributed by atoms with Gasteiger partial charge < -0.3 is 10.1 Å². The lowest BCUT2D eigenvalue weighted by Crippen LogP contribution is -2.03. The van der Waals surface area contributed by atoms with Crippen molar-refractivity contribution in [3.8, 4) is 28.4 Å². The summed E-state index contributed by atoms with van der Waals surface area (Å²) in [7, 11) is 1.72. The second-order valence-corrected chi connectivity index (χ2v) is 6.17. The summed E-state index contributed by atoms with van der Waals surface area (Å²) in [6, 6.07) is 8.41. The van der Waals surface area contributed by atoms with Crippen molar-refractivity contribution in [1.82, 2.24) is 19.9 Å². The maximum atomic E-state index is 14.4. The molecule has 0 radical (unpaired) electrons. The van der Waals surface area contributed by atoms with Crippen molar-refractivity contribution in [2.45, 2.75) is 6.92 Å². The smallest absolute Gasteiger partial charge is 0.181 e. The molecule has 0 saturated heterocycles. The van der Waals surface area contributed by atoms with Gasteiger partial charge >= 0.3 is 0 Å². The van der Waals surface area contributed by atoms with E-state index in [0.29, 0.717) is 46.2 Å². The van der Waals surface area contributed by atoms with Crippen LogP contribution in [0.5, 0.6) is 5.75 Å². The van der Waals surface area contributed by atoms with E-state index >= 15 is 0 Å². The number of hydrogen-bond donors (Lipinski definition) is 1. The fourth-order valence-electron chi connectivity index (χ4n) is 3.07. The number of nitrogens with one attached hydrogen (secondary N) is 1. The monoisotopic (exact) mass is 393 g/mol. The average molecular weight is 393 g/mol. The van der Waals surface area contributed by atoms with E-state index in [9.17, 15) is 8.78 Å². The molecular weight excluding hydrogens is 376 g/mol. The third-order valence-electron chi connectivity index (χ3n) is 4.35. The Hall–Kier alpha value is -3.68. The van der Waals surface area contributed by atoms with Gasteiger partial charge in [0.15, 0.2) is 5.82 Å².